The molecule has 1 aliphatic rings. The molecule has 0 bridgehead atoms. The first-order valence-corrected chi connectivity index (χ1v) is 12.4. The van der Waals surface area contributed by atoms with E-state index in [9.17, 15) is 21.6 Å². The molecular weight excluding hydrogens is 468 g/mol. The maximum absolute atomic E-state index is 12.8. The van der Waals surface area contributed by atoms with Gasteiger partial charge in [-0.05, 0) is 38.1 Å². The van der Waals surface area contributed by atoms with Gasteiger partial charge in [0.05, 0.1) is 46.7 Å². The van der Waals surface area contributed by atoms with Crippen molar-refractivity contribution in [3.05, 3.63) is 41.4 Å². The highest BCUT2D eigenvalue weighted by atomic mass is 35.5. The molecule has 0 atom stereocenters. The van der Waals surface area contributed by atoms with E-state index in [0.717, 1.165) is 0 Å². The molecule has 0 spiro atoms. The third kappa shape index (κ3) is 4.30. The van der Waals surface area contributed by atoms with Gasteiger partial charge in [0.25, 0.3) is 10.0 Å². The van der Waals surface area contributed by atoms with Crippen LogP contribution in [0.15, 0.2) is 41.3 Å². The first-order valence-electron chi connectivity index (χ1n) is 8.94. The number of carbonyl (C=O) groups excluding carboxylic acids is 1. The molecule has 1 aliphatic heterocycles. The number of ether oxygens (including phenoxy) is 2. The summed E-state index contributed by atoms with van der Waals surface area (Å²) < 4.78 is 63.9. The quantitative estimate of drug-likeness (QED) is 0.663. The van der Waals surface area contributed by atoms with Crippen LogP contribution in [-0.4, -0.2) is 42.7 Å². The van der Waals surface area contributed by atoms with E-state index in [-0.39, 0.29) is 38.5 Å². The number of rotatable bonds is 6. The summed E-state index contributed by atoms with van der Waals surface area (Å²) in [6, 6.07) is 7.75. The molecule has 12 heteroatoms. The fraction of sp³-hybridized carbons (Fsp3) is 0.316. The van der Waals surface area contributed by atoms with E-state index in [1.165, 1.54) is 50.6 Å². The molecule has 1 saturated heterocycles. The second-order valence-corrected chi connectivity index (χ2v) is 11.4. The number of sulfonamides is 2. The Morgan fingerprint density at radius 1 is 1.06 bits per heavy atom. The summed E-state index contributed by atoms with van der Waals surface area (Å²) in [5, 5.41) is 0.242. The SMILES string of the molecule is COc1cc(NS(=O)(=O)c2ccc(N3C(=O)C(C)(C)CS3(=O)=O)cc2)c(OC)cc1Cl. The number of benzene rings is 2. The molecule has 0 saturated carbocycles. The Balaban J connectivity index is 1.94. The molecule has 0 aliphatic carbocycles. The fourth-order valence-electron chi connectivity index (χ4n) is 3.17. The van der Waals surface area contributed by atoms with Crippen LogP contribution in [0.4, 0.5) is 11.4 Å². The van der Waals surface area contributed by atoms with E-state index in [1.54, 1.807) is 13.8 Å². The van der Waals surface area contributed by atoms with E-state index < -0.39 is 31.4 Å². The van der Waals surface area contributed by atoms with E-state index in [4.69, 9.17) is 21.1 Å². The van der Waals surface area contributed by atoms with Gasteiger partial charge in [-0.15, -0.1) is 0 Å². The normalized spacial score (nSPS) is 17.5. The van der Waals surface area contributed by atoms with E-state index in [2.05, 4.69) is 4.72 Å². The molecule has 1 N–H and O–H groups in total. The van der Waals surface area contributed by atoms with Gasteiger partial charge in [0.15, 0.2) is 0 Å². The largest absolute Gasteiger partial charge is 0.495 e. The number of halogens is 1. The van der Waals surface area contributed by atoms with Gasteiger partial charge in [-0.25, -0.2) is 21.1 Å². The second-order valence-electron chi connectivity index (χ2n) is 7.50. The topological polar surface area (TPSA) is 119 Å². The molecule has 1 amide bonds. The van der Waals surface area contributed by atoms with Gasteiger partial charge in [-0.2, -0.15) is 0 Å². The monoisotopic (exact) mass is 488 g/mol. The molecule has 2 aromatic carbocycles. The lowest BCUT2D eigenvalue weighted by molar-refractivity contribution is -0.123. The van der Waals surface area contributed by atoms with Crippen LogP contribution in [0.3, 0.4) is 0 Å². The standard InChI is InChI=1S/C19H21ClN2O7S2/c1-19(2)11-30(24,25)22(18(19)23)12-5-7-13(8-6-12)31(26,27)21-15-10-16(28-3)14(20)9-17(15)29-4/h5-10,21H,11H2,1-4H3. The van der Waals surface area contributed by atoms with Crippen molar-refractivity contribution in [3.8, 4) is 11.5 Å². The summed E-state index contributed by atoms with van der Waals surface area (Å²) in [7, 11) is -5.16. The summed E-state index contributed by atoms with van der Waals surface area (Å²) in [4.78, 5) is 12.4. The van der Waals surface area contributed by atoms with Gasteiger partial charge in [0.1, 0.15) is 11.5 Å². The minimum atomic E-state index is -4.07. The van der Waals surface area contributed by atoms with Gasteiger partial charge in [0.2, 0.25) is 15.9 Å². The van der Waals surface area contributed by atoms with Crippen LogP contribution in [0.5, 0.6) is 11.5 Å². The number of carbonyl (C=O) groups is 1. The van der Waals surface area contributed by atoms with Crippen molar-refractivity contribution in [2.24, 2.45) is 5.41 Å². The third-order valence-electron chi connectivity index (χ3n) is 4.68. The Morgan fingerprint density at radius 2 is 1.65 bits per heavy atom. The second kappa shape index (κ2) is 7.88. The summed E-state index contributed by atoms with van der Waals surface area (Å²) in [5.74, 6) is -0.462. The van der Waals surface area contributed by atoms with Crippen LogP contribution in [0, 0.1) is 5.41 Å². The molecule has 2 aromatic rings. The molecule has 1 fully saturated rings. The van der Waals surface area contributed by atoms with Crippen molar-refractivity contribution in [1.29, 1.82) is 0 Å². The Kier molecular flexibility index (Phi) is 5.89. The number of hydrogen-bond donors (Lipinski definition) is 1. The fourth-order valence-corrected chi connectivity index (χ4v) is 6.57. The van der Waals surface area contributed by atoms with Crippen LogP contribution >= 0.6 is 11.6 Å². The number of anilines is 2. The smallest absolute Gasteiger partial charge is 0.262 e. The van der Waals surface area contributed by atoms with Crippen molar-refractivity contribution in [3.63, 3.8) is 0 Å². The van der Waals surface area contributed by atoms with Crippen LogP contribution in [0.1, 0.15) is 13.8 Å². The summed E-state index contributed by atoms with van der Waals surface area (Å²) in [5.41, 5.74) is -0.887. The molecule has 3 rings (SSSR count). The molecule has 0 radical (unpaired) electrons. The van der Waals surface area contributed by atoms with Gasteiger partial charge >= 0.3 is 0 Å². The molecule has 0 aromatic heterocycles. The summed E-state index contributed by atoms with van der Waals surface area (Å²) >= 11 is 6.04. The van der Waals surface area contributed by atoms with Crippen molar-refractivity contribution >= 4 is 48.9 Å². The van der Waals surface area contributed by atoms with Gasteiger partial charge in [-0.1, -0.05) is 11.6 Å². The third-order valence-corrected chi connectivity index (χ3v) is 8.38. The summed E-state index contributed by atoms with van der Waals surface area (Å²) in [6.07, 6.45) is 0. The van der Waals surface area contributed by atoms with Gasteiger partial charge in [-0.3, -0.25) is 9.52 Å². The average molecular weight is 489 g/mol. The van der Waals surface area contributed by atoms with Crippen LogP contribution in [0.25, 0.3) is 0 Å². The van der Waals surface area contributed by atoms with Gasteiger partial charge < -0.3 is 9.47 Å². The van der Waals surface area contributed by atoms with Crippen molar-refractivity contribution < 1.29 is 31.1 Å². The molecule has 1 heterocycles. The highest BCUT2D eigenvalue weighted by Crippen LogP contribution is 2.38. The Morgan fingerprint density at radius 3 is 2.13 bits per heavy atom. The zero-order valence-electron chi connectivity index (χ0n) is 17.2. The number of amides is 1. The van der Waals surface area contributed by atoms with E-state index in [1.807, 2.05) is 0 Å². The number of methoxy groups -OCH3 is 2. The van der Waals surface area contributed by atoms with Crippen molar-refractivity contribution in [2.75, 3.05) is 29.0 Å². The lowest BCUT2D eigenvalue weighted by Gasteiger charge is -2.18. The van der Waals surface area contributed by atoms with Crippen molar-refractivity contribution in [2.45, 2.75) is 18.7 Å². The molecule has 168 valence electrons. The average Bonchev–Trinajstić information content (AvgIpc) is 2.85. The Labute approximate surface area is 186 Å². The first kappa shape index (κ1) is 23.2. The molecule has 0 unspecified atom stereocenters. The maximum Gasteiger partial charge on any atom is 0.262 e. The zero-order valence-corrected chi connectivity index (χ0v) is 19.6. The van der Waals surface area contributed by atoms with E-state index in [0.29, 0.717) is 4.31 Å². The first-order chi connectivity index (χ1) is 14.3. The molecule has 9 nitrogen and oxygen atoms in total. The Bertz CT molecular complexity index is 1240. The van der Waals surface area contributed by atoms with Gasteiger partial charge in [0, 0.05) is 12.1 Å². The van der Waals surface area contributed by atoms with Crippen LogP contribution in [-0.2, 0) is 24.8 Å². The van der Waals surface area contributed by atoms with E-state index >= 15 is 0 Å². The number of nitrogens with one attached hydrogen (secondary N) is 1. The number of hydrogen-bond acceptors (Lipinski definition) is 7. The molecular formula is C19H21ClN2O7S2. The van der Waals surface area contributed by atoms with Crippen molar-refractivity contribution in [1.82, 2.24) is 0 Å². The predicted octanol–water partition coefficient (Wildman–Crippen LogP) is 2.86. The lowest BCUT2D eigenvalue weighted by atomic mass is 9.95. The highest BCUT2D eigenvalue weighted by molar-refractivity contribution is 7.94. The maximum atomic E-state index is 12.8. The minimum absolute atomic E-state index is 0.0697. The Hall–Kier alpha value is -2.50. The van der Waals surface area contributed by atoms with Crippen LogP contribution in [0.2, 0.25) is 5.02 Å². The molecule has 31 heavy (non-hydrogen) atoms. The summed E-state index contributed by atoms with van der Waals surface area (Å²) in [6.45, 7) is 3.09. The van der Waals surface area contributed by atoms with Crippen LogP contribution < -0.4 is 18.5 Å². The lowest BCUT2D eigenvalue weighted by Crippen LogP contribution is -2.32. The minimum Gasteiger partial charge on any atom is -0.495 e. The highest BCUT2D eigenvalue weighted by Gasteiger charge is 2.49. The predicted molar refractivity (Wildman–Crippen MR) is 117 cm³/mol. The number of nitrogens with zero attached hydrogens (tertiary/aromatic N) is 1. The zero-order chi connectivity index (χ0) is 23.2.